The highest BCUT2D eigenvalue weighted by Crippen LogP contribution is 2.36. The van der Waals surface area contributed by atoms with E-state index in [0.717, 1.165) is 24.8 Å². The van der Waals surface area contributed by atoms with Crippen LogP contribution in [-0.2, 0) is 16.1 Å². The fourth-order valence-corrected chi connectivity index (χ4v) is 2.68. The summed E-state index contributed by atoms with van der Waals surface area (Å²) >= 11 is 0. The van der Waals surface area contributed by atoms with Crippen LogP contribution in [0.2, 0.25) is 0 Å². The second-order valence-electron chi connectivity index (χ2n) is 5.39. The first-order chi connectivity index (χ1) is 9.13. The van der Waals surface area contributed by atoms with E-state index in [9.17, 15) is 4.79 Å². The summed E-state index contributed by atoms with van der Waals surface area (Å²) in [5.41, 5.74) is 6.97. The number of hydrogen-bond donors (Lipinski definition) is 1. The molecular weight excluding hydrogens is 238 g/mol. The van der Waals surface area contributed by atoms with Gasteiger partial charge in [-0.15, -0.1) is 6.58 Å². The summed E-state index contributed by atoms with van der Waals surface area (Å²) in [7, 11) is 0. The van der Waals surface area contributed by atoms with Crippen molar-refractivity contribution >= 4 is 5.97 Å². The number of carbonyl (C=O) groups excluding carboxylic acids is 1. The number of rotatable bonds is 5. The van der Waals surface area contributed by atoms with Crippen LogP contribution in [0.25, 0.3) is 0 Å². The van der Waals surface area contributed by atoms with Crippen molar-refractivity contribution in [1.82, 2.24) is 0 Å². The average Bonchev–Trinajstić information content (AvgIpc) is 2.80. The maximum absolute atomic E-state index is 12.0. The van der Waals surface area contributed by atoms with E-state index in [2.05, 4.69) is 6.58 Å². The minimum atomic E-state index is -0.266. The third-order valence-electron chi connectivity index (χ3n) is 3.75. The average molecular weight is 259 g/mol. The normalized spacial score (nSPS) is 26.1. The molecule has 2 atom stereocenters. The van der Waals surface area contributed by atoms with Crippen LogP contribution in [-0.4, -0.2) is 11.5 Å². The van der Waals surface area contributed by atoms with E-state index >= 15 is 0 Å². The SMILES string of the molecule is C=CCC1(N)CCC(C(=O)OCc2ccccc2)C1. The summed E-state index contributed by atoms with van der Waals surface area (Å²) in [4.78, 5) is 12.0. The summed E-state index contributed by atoms with van der Waals surface area (Å²) in [6.07, 6.45) is 4.97. The van der Waals surface area contributed by atoms with Crippen molar-refractivity contribution < 1.29 is 9.53 Å². The molecule has 0 radical (unpaired) electrons. The molecule has 102 valence electrons. The van der Waals surface area contributed by atoms with Gasteiger partial charge in [0.1, 0.15) is 6.61 Å². The molecule has 1 aromatic carbocycles. The summed E-state index contributed by atoms with van der Waals surface area (Å²) in [6.45, 7) is 4.06. The fraction of sp³-hybridized carbons (Fsp3) is 0.438. The molecule has 1 fully saturated rings. The zero-order chi connectivity index (χ0) is 13.7. The Morgan fingerprint density at radius 3 is 2.89 bits per heavy atom. The van der Waals surface area contributed by atoms with Gasteiger partial charge < -0.3 is 10.5 Å². The number of hydrogen-bond acceptors (Lipinski definition) is 3. The minimum absolute atomic E-state index is 0.0614. The van der Waals surface area contributed by atoms with Gasteiger partial charge in [0.15, 0.2) is 0 Å². The Labute approximate surface area is 114 Å². The highest BCUT2D eigenvalue weighted by molar-refractivity contribution is 5.73. The molecule has 19 heavy (non-hydrogen) atoms. The van der Waals surface area contributed by atoms with Crippen LogP contribution < -0.4 is 5.73 Å². The van der Waals surface area contributed by atoms with Crippen molar-refractivity contribution in [3.8, 4) is 0 Å². The second-order valence-corrected chi connectivity index (χ2v) is 5.39. The Bertz CT molecular complexity index is 443. The molecule has 2 unspecified atom stereocenters. The summed E-state index contributed by atoms with van der Waals surface area (Å²) in [5, 5.41) is 0. The van der Waals surface area contributed by atoms with Crippen LogP contribution in [0.4, 0.5) is 0 Å². The van der Waals surface area contributed by atoms with Gasteiger partial charge in [-0.25, -0.2) is 0 Å². The molecule has 0 spiro atoms. The third kappa shape index (κ3) is 3.67. The molecule has 2 N–H and O–H groups in total. The number of ether oxygens (including phenoxy) is 1. The lowest BCUT2D eigenvalue weighted by Crippen LogP contribution is -2.36. The zero-order valence-corrected chi connectivity index (χ0v) is 11.2. The minimum Gasteiger partial charge on any atom is -0.461 e. The Hall–Kier alpha value is -1.61. The first kappa shape index (κ1) is 13.8. The van der Waals surface area contributed by atoms with Crippen LogP contribution >= 0.6 is 0 Å². The van der Waals surface area contributed by atoms with Gasteiger partial charge in [0.05, 0.1) is 5.92 Å². The van der Waals surface area contributed by atoms with Crippen LogP contribution in [0.1, 0.15) is 31.2 Å². The first-order valence-electron chi connectivity index (χ1n) is 6.73. The largest absolute Gasteiger partial charge is 0.461 e. The molecule has 0 heterocycles. The number of benzene rings is 1. The van der Waals surface area contributed by atoms with Crippen LogP contribution in [0.15, 0.2) is 43.0 Å². The van der Waals surface area contributed by atoms with Gasteiger partial charge in [0.25, 0.3) is 0 Å². The molecular formula is C16H21NO2. The van der Waals surface area contributed by atoms with Gasteiger partial charge >= 0.3 is 5.97 Å². The predicted molar refractivity (Wildman–Crippen MR) is 75.3 cm³/mol. The van der Waals surface area contributed by atoms with Crippen molar-refractivity contribution in [2.45, 2.75) is 37.8 Å². The Kier molecular flexibility index (Phi) is 4.38. The Balaban J connectivity index is 1.83. The molecule has 0 aromatic heterocycles. The van der Waals surface area contributed by atoms with Gasteiger partial charge in [-0.05, 0) is 31.2 Å². The molecule has 0 amide bonds. The predicted octanol–water partition coefficient (Wildman–Crippen LogP) is 2.80. The van der Waals surface area contributed by atoms with E-state index in [0.29, 0.717) is 13.0 Å². The van der Waals surface area contributed by atoms with Gasteiger partial charge in [-0.3, -0.25) is 4.79 Å². The lowest BCUT2D eigenvalue weighted by molar-refractivity contribution is -0.149. The number of nitrogens with two attached hydrogens (primary N) is 1. The molecule has 2 rings (SSSR count). The summed E-state index contributed by atoms with van der Waals surface area (Å²) < 4.78 is 5.36. The quantitative estimate of drug-likeness (QED) is 0.653. The highest BCUT2D eigenvalue weighted by atomic mass is 16.5. The topological polar surface area (TPSA) is 52.3 Å². The molecule has 1 aromatic rings. The lowest BCUT2D eigenvalue weighted by atomic mass is 9.93. The maximum atomic E-state index is 12.0. The van der Waals surface area contributed by atoms with E-state index in [4.69, 9.17) is 10.5 Å². The smallest absolute Gasteiger partial charge is 0.309 e. The van der Waals surface area contributed by atoms with Crippen LogP contribution in [0, 0.1) is 5.92 Å². The third-order valence-corrected chi connectivity index (χ3v) is 3.75. The van der Waals surface area contributed by atoms with Gasteiger partial charge in [-0.1, -0.05) is 36.4 Å². The Morgan fingerprint density at radius 1 is 1.47 bits per heavy atom. The molecule has 3 heteroatoms. The monoisotopic (exact) mass is 259 g/mol. The van der Waals surface area contributed by atoms with Crippen molar-refractivity contribution in [1.29, 1.82) is 0 Å². The number of carbonyl (C=O) groups is 1. The van der Waals surface area contributed by atoms with E-state index in [1.165, 1.54) is 0 Å². The molecule has 0 saturated heterocycles. The maximum Gasteiger partial charge on any atom is 0.309 e. The van der Waals surface area contributed by atoms with E-state index < -0.39 is 0 Å². The lowest BCUT2D eigenvalue weighted by Gasteiger charge is -2.21. The summed E-state index contributed by atoms with van der Waals surface area (Å²) in [5.74, 6) is -0.186. The van der Waals surface area contributed by atoms with Crippen molar-refractivity contribution in [3.05, 3.63) is 48.6 Å². The molecule has 0 aliphatic heterocycles. The molecule has 1 saturated carbocycles. The van der Waals surface area contributed by atoms with E-state index in [-0.39, 0.29) is 17.4 Å². The molecule has 1 aliphatic carbocycles. The van der Waals surface area contributed by atoms with E-state index in [1.807, 2.05) is 36.4 Å². The van der Waals surface area contributed by atoms with Gasteiger partial charge in [0, 0.05) is 5.54 Å². The standard InChI is InChI=1S/C16H21NO2/c1-2-9-16(17)10-8-14(11-16)15(18)19-12-13-6-4-3-5-7-13/h2-7,14H,1,8-12,17H2. The molecule has 3 nitrogen and oxygen atoms in total. The first-order valence-corrected chi connectivity index (χ1v) is 6.73. The fourth-order valence-electron chi connectivity index (χ4n) is 2.68. The zero-order valence-electron chi connectivity index (χ0n) is 11.2. The van der Waals surface area contributed by atoms with Gasteiger partial charge in [-0.2, -0.15) is 0 Å². The summed E-state index contributed by atoms with van der Waals surface area (Å²) in [6, 6.07) is 9.72. The van der Waals surface area contributed by atoms with Crippen molar-refractivity contribution in [2.24, 2.45) is 11.7 Å². The number of esters is 1. The molecule has 1 aliphatic rings. The van der Waals surface area contributed by atoms with E-state index in [1.54, 1.807) is 0 Å². The van der Waals surface area contributed by atoms with Crippen molar-refractivity contribution in [3.63, 3.8) is 0 Å². The second kappa shape index (κ2) is 6.02. The van der Waals surface area contributed by atoms with Crippen LogP contribution in [0.5, 0.6) is 0 Å². The Morgan fingerprint density at radius 2 is 2.21 bits per heavy atom. The van der Waals surface area contributed by atoms with Crippen LogP contribution in [0.3, 0.4) is 0 Å². The molecule has 0 bridgehead atoms. The van der Waals surface area contributed by atoms with Gasteiger partial charge in [0.2, 0.25) is 0 Å². The highest BCUT2D eigenvalue weighted by Gasteiger charge is 2.38. The van der Waals surface area contributed by atoms with Crippen molar-refractivity contribution in [2.75, 3.05) is 0 Å².